The fourth-order valence-electron chi connectivity index (χ4n) is 2.56. The molecule has 2 rings (SSSR count). The van der Waals surface area contributed by atoms with Crippen molar-refractivity contribution >= 4 is 10.0 Å². The van der Waals surface area contributed by atoms with Gasteiger partial charge in [-0.2, -0.15) is 5.10 Å². The van der Waals surface area contributed by atoms with E-state index in [4.69, 9.17) is 0 Å². The maximum Gasteiger partial charge on any atom is 0.241 e. The van der Waals surface area contributed by atoms with Crippen LogP contribution in [0.1, 0.15) is 42.3 Å². The van der Waals surface area contributed by atoms with Crippen LogP contribution in [0.15, 0.2) is 29.3 Å². The van der Waals surface area contributed by atoms with Crippen LogP contribution in [-0.4, -0.2) is 18.2 Å². The van der Waals surface area contributed by atoms with Gasteiger partial charge in [-0.1, -0.05) is 12.1 Å². The van der Waals surface area contributed by atoms with Crippen molar-refractivity contribution in [2.24, 2.45) is 0 Å². The van der Waals surface area contributed by atoms with Crippen molar-refractivity contribution in [1.82, 2.24) is 14.5 Å². The Labute approximate surface area is 132 Å². The largest absolute Gasteiger partial charge is 0.270 e. The molecule has 0 saturated heterocycles. The van der Waals surface area contributed by atoms with Gasteiger partial charge in [0.1, 0.15) is 0 Å². The third-order valence-electron chi connectivity index (χ3n) is 3.87. The number of hydrogen-bond donors (Lipinski definition) is 1. The van der Waals surface area contributed by atoms with Gasteiger partial charge in [0, 0.05) is 23.8 Å². The molecule has 0 aliphatic heterocycles. The van der Waals surface area contributed by atoms with Gasteiger partial charge in [-0.15, -0.1) is 0 Å². The van der Waals surface area contributed by atoms with E-state index in [1.165, 1.54) is 0 Å². The molecule has 1 N–H and O–H groups in total. The summed E-state index contributed by atoms with van der Waals surface area (Å²) in [5, 5.41) is 4.27. The molecule has 6 heteroatoms. The lowest BCUT2D eigenvalue weighted by molar-refractivity contribution is 0.565. The van der Waals surface area contributed by atoms with E-state index in [-0.39, 0.29) is 6.04 Å². The predicted octanol–water partition coefficient (Wildman–Crippen LogP) is 2.87. The molecule has 0 aliphatic carbocycles. The van der Waals surface area contributed by atoms with Crippen molar-refractivity contribution in [2.45, 2.75) is 52.1 Å². The molecule has 2 aromatic rings. The van der Waals surface area contributed by atoms with Gasteiger partial charge in [0.25, 0.3) is 0 Å². The van der Waals surface area contributed by atoms with Crippen molar-refractivity contribution < 1.29 is 8.42 Å². The molecule has 0 radical (unpaired) electrons. The lowest BCUT2D eigenvalue weighted by atomic mass is 10.1. The number of nitrogens with zero attached hydrogens (tertiary/aromatic N) is 2. The van der Waals surface area contributed by atoms with Gasteiger partial charge in [0.2, 0.25) is 10.0 Å². The molecule has 0 amide bonds. The maximum absolute atomic E-state index is 12.6. The number of aromatic nitrogens is 2. The summed E-state index contributed by atoms with van der Waals surface area (Å²) < 4.78 is 29.9. The van der Waals surface area contributed by atoms with Crippen LogP contribution in [-0.2, 0) is 16.6 Å². The summed E-state index contributed by atoms with van der Waals surface area (Å²) in [4.78, 5) is 0.333. The highest BCUT2D eigenvalue weighted by Crippen LogP contribution is 2.22. The molecule has 0 fully saturated rings. The average molecular weight is 321 g/mol. The fourth-order valence-corrected chi connectivity index (χ4v) is 4.11. The first-order valence-corrected chi connectivity index (χ1v) is 8.86. The Morgan fingerprint density at radius 1 is 1.27 bits per heavy atom. The normalized spacial score (nSPS) is 13.3. The SMILES string of the molecule is CCn1ncc(C(C)NS(=O)(=O)c2cc(C)ccc2C)c1C. The Kier molecular flexibility index (Phi) is 4.72. The van der Waals surface area contributed by atoms with Crippen molar-refractivity contribution in [1.29, 1.82) is 0 Å². The van der Waals surface area contributed by atoms with Gasteiger partial charge in [-0.25, -0.2) is 13.1 Å². The first-order valence-electron chi connectivity index (χ1n) is 7.38. The molecule has 22 heavy (non-hydrogen) atoms. The molecular weight excluding hydrogens is 298 g/mol. The minimum absolute atomic E-state index is 0.329. The summed E-state index contributed by atoms with van der Waals surface area (Å²) >= 11 is 0. The van der Waals surface area contributed by atoms with Gasteiger partial charge in [0.15, 0.2) is 0 Å². The molecule has 1 atom stereocenters. The van der Waals surface area contributed by atoms with E-state index in [1.54, 1.807) is 19.2 Å². The summed E-state index contributed by atoms with van der Waals surface area (Å²) in [7, 11) is -3.56. The molecule has 120 valence electrons. The first-order chi connectivity index (χ1) is 10.3. The Morgan fingerprint density at radius 2 is 1.95 bits per heavy atom. The Bertz CT molecular complexity index is 779. The third-order valence-corrected chi connectivity index (χ3v) is 5.55. The van der Waals surface area contributed by atoms with Gasteiger partial charge >= 0.3 is 0 Å². The summed E-state index contributed by atoms with van der Waals surface area (Å²) in [5.74, 6) is 0. The van der Waals surface area contributed by atoms with E-state index in [9.17, 15) is 8.42 Å². The van der Waals surface area contributed by atoms with E-state index < -0.39 is 10.0 Å². The highest BCUT2D eigenvalue weighted by molar-refractivity contribution is 7.89. The molecule has 5 nitrogen and oxygen atoms in total. The Balaban J connectivity index is 2.31. The predicted molar refractivity (Wildman–Crippen MR) is 87.3 cm³/mol. The first kappa shape index (κ1) is 16.7. The van der Waals surface area contributed by atoms with Crippen molar-refractivity contribution in [3.05, 3.63) is 46.8 Å². The van der Waals surface area contributed by atoms with E-state index in [2.05, 4.69) is 9.82 Å². The van der Waals surface area contributed by atoms with Crippen LogP contribution in [0.3, 0.4) is 0 Å². The minimum Gasteiger partial charge on any atom is -0.270 e. The highest BCUT2D eigenvalue weighted by atomic mass is 32.2. The summed E-state index contributed by atoms with van der Waals surface area (Å²) in [6.07, 6.45) is 1.73. The van der Waals surface area contributed by atoms with Gasteiger partial charge < -0.3 is 0 Å². The zero-order valence-electron chi connectivity index (χ0n) is 13.7. The molecule has 0 aliphatic rings. The standard InChI is InChI=1S/C16H23N3O2S/c1-6-19-14(5)15(10-17-19)13(4)18-22(20,21)16-9-11(2)7-8-12(16)3/h7-10,13,18H,6H2,1-5H3. The number of aryl methyl sites for hydroxylation is 3. The molecule has 1 unspecified atom stereocenters. The number of nitrogens with one attached hydrogen (secondary N) is 1. The maximum atomic E-state index is 12.6. The molecule has 1 aromatic heterocycles. The van der Waals surface area contributed by atoms with E-state index in [1.807, 2.05) is 44.5 Å². The third kappa shape index (κ3) is 3.23. The summed E-state index contributed by atoms with van der Waals surface area (Å²) in [5.41, 5.74) is 3.55. The van der Waals surface area contributed by atoms with Crippen molar-refractivity contribution in [3.8, 4) is 0 Å². The van der Waals surface area contributed by atoms with Gasteiger partial charge in [0.05, 0.1) is 11.1 Å². The topological polar surface area (TPSA) is 64.0 Å². The number of rotatable bonds is 5. The second-order valence-electron chi connectivity index (χ2n) is 5.61. The molecule has 0 spiro atoms. The monoisotopic (exact) mass is 321 g/mol. The molecule has 1 heterocycles. The van der Waals surface area contributed by atoms with Crippen LogP contribution in [0.4, 0.5) is 0 Å². The fraction of sp³-hybridized carbons (Fsp3) is 0.438. The van der Waals surface area contributed by atoms with Crippen LogP contribution in [0.5, 0.6) is 0 Å². The molecular formula is C16H23N3O2S. The number of hydrogen-bond acceptors (Lipinski definition) is 3. The lowest BCUT2D eigenvalue weighted by Crippen LogP contribution is -2.27. The van der Waals surface area contributed by atoms with Crippen molar-refractivity contribution in [3.63, 3.8) is 0 Å². The highest BCUT2D eigenvalue weighted by Gasteiger charge is 2.22. The van der Waals surface area contributed by atoms with Crippen LogP contribution < -0.4 is 4.72 Å². The van der Waals surface area contributed by atoms with Crippen LogP contribution in [0.2, 0.25) is 0 Å². The Morgan fingerprint density at radius 3 is 2.55 bits per heavy atom. The van der Waals surface area contributed by atoms with E-state index in [0.717, 1.165) is 28.9 Å². The number of benzene rings is 1. The summed E-state index contributed by atoms with van der Waals surface area (Å²) in [6, 6.07) is 5.11. The van der Waals surface area contributed by atoms with E-state index >= 15 is 0 Å². The molecule has 1 aromatic carbocycles. The average Bonchev–Trinajstić information content (AvgIpc) is 2.82. The quantitative estimate of drug-likeness (QED) is 0.921. The van der Waals surface area contributed by atoms with Crippen LogP contribution in [0.25, 0.3) is 0 Å². The van der Waals surface area contributed by atoms with E-state index in [0.29, 0.717) is 4.90 Å². The van der Waals surface area contributed by atoms with Crippen LogP contribution in [0, 0.1) is 20.8 Å². The van der Waals surface area contributed by atoms with Crippen molar-refractivity contribution in [2.75, 3.05) is 0 Å². The number of sulfonamides is 1. The second kappa shape index (κ2) is 6.22. The summed E-state index contributed by atoms with van der Waals surface area (Å²) in [6.45, 7) is 10.3. The zero-order chi connectivity index (χ0) is 16.5. The van der Waals surface area contributed by atoms with Gasteiger partial charge in [-0.3, -0.25) is 4.68 Å². The lowest BCUT2D eigenvalue weighted by Gasteiger charge is -2.16. The molecule has 0 bridgehead atoms. The zero-order valence-corrected chi connectivity index (χ0v) is 14.5. The van der Waals surface area contributed by atoms with Gasteiger partial charge in [-0.05, 0) is 51.8 Å². The minimum atomic E-state index is -3.56. The smallest absolute Gasteiger partial charge is 0.241 e. The van der Waals surface area contributed by atoms with Crippen LogP contribution >= 0.6 is 0 Å². The Hall–Kier alpha value is -1.66. The second-order valence-corrected chi connectivity index (χ2v) is 7.30. The molecule has 0 saturated carbocycles.